The third-order valence-corrected chi connectivity index (χ3v) is 11.8. The third kappa shape index (κ3) is 6.35. The minimum Gasteiger partial charge on any atom is -0.507 e. The van der Waals surface area contributed by atoms with E-state index in [1.165, 1.54) is 10.8 Å². The number of phenolic OH excluding ortho intramolecular Hbond substituents is 1. The van der Waals surface area contributed by atoms with E-state index in [-0.39, 0.29) is 5.75 Å². The Hall–Kier alpha value is -8.02. The number of furan rings is 1. The van der Waals surface area contributed by atoms with Crippen molar-refractivity contribution in [1.29, 1.82) is 0 Å². The average Bonchev–Trinajstić information content (AvgIpc) is 3.83. The average molecular weight is 786 g/mol. The highest BCUT2D eigenvalue weighted by Gasteiger charge is 2.21. The van der Waals surface area contributed by atoms with Gasteiger partial charge in [-0.2, -0.15) is 0 Å². The van der Waals surface area contributed by atoms with Crippen molar-refractivity contribution in [3.8, 4) is 84.3 Å². The molecule has 7 aromatic carbocycles. The second kappa shape index (κ2) is 14.7. The standard InChI is InChI=1S/C56H39N3O2/c1-35-29-42(33-49(57-35)38-19-13-20-39(30-38)50-31-41(36-15-5-3-6-16-36)32-51(58-50)48-23-11-12-26-52(48)60)55-46-22-10-9-21-45(46)54(59(55)2)40-27-28-44-47-25-14-24-43(37-17-7-4-8-18-37)56(47)61-53(44)34-40/h3-34,60H,1-2H3. The fourth-order valence-corrected chi connectivity index (χ4v) is 8.95. The van der Waals surface area contributed by atoms with Crippen LogP contribution in [0.4, 0.5) is 0 Å². The van der Waals surface area contributed by atoms with Gasteiger partial charge < -0.3 is 14.1 Å². The lowest BCUT2D eigenvalue weighted by Crippen LogP contribution is -1.97. The van der Waals surface area contributed by atoms with Crippen LogP contribution in [0.5, 0.6) is 5.75 Å². The summed E-state index contributed by atoms with van der Waals surface area (Å²) < 4.78 is 9.01. The number of aryl methyl sites for hydroxylation is 1. The van der Waals surface area contributed by atoms with Gasteiger partial charge in [0, 0.05) is 67.7 Å². The largest absolute Gasteiger partial charge is 0.507 e. The molecule has 0 saturated carbocycles. The zero-order valence-electron chi connectivity index (χ0n) is 33.7. The summed E-state index contributed by atoms with van der Waals surface area (Å²) in [6, 6.07) is 66.7. The monoisotopic (exact) mass is 785 g/mol. The van der Waals surface area contributed by atoms with Gasteiger partial charge in [0.25, 0.3) is 0 Å². The molecule has 0 bridgehead atoms. The Morgan fingerprint density at radius 3 is 1.74 bits per heavy atom. The SMILES string of the molecule is Cc1cc(-c2c3ccccc3c(-c3ccc4c(c3)oc3c(-c5ccccc5)cccc34)n2C)cc(-c2cccc(-c3cc(-c4ccccc4)cc(-c4ccccc4O)n3)c2)n1. The second-order valence-electron chi connectivity index (χ2n) is 15.6. The summed E-state index contributed by atoms with van der Waals surface area (Å²) in [5.74, 6) is 0.195. The van der Waals surface area contributed by atoms with Crippen molar-refractivity contribution in [3.63, 3.8) is 0 Å². The number of hydrogen-bond acceptors (Lipinski definition) is 4. The summed E-state index contributed by atoms with van der Waals surface area (Å²) >= 11 is 0. The van der Waals surface area contributed by atoms with E-state index >= 15 is 0 Å². The van der Waals surface area contributed by atoms with Crippen molar-refractivity contribution in [2.45, 2.75) is 6.92 Å². The summed E-state index contributed by atoms with van der Waals surface area (Å²) in [5, 5.41) is 15.4. The summed E-state index contributed by atoms with van der Waals surface area (Å²) in [5.41, 5.74) is 16.5. The quantitative estimate of drug-likeness (QED) is 0.175. The first kappa shape index (κ1) is 36.1. The molecule has 0 atom stereocenters. The Morgan fingerprint density at radius 1 is 0.410 bits per heavy atom. The molecule has 0 saturated heterocycles. The number of aromatic nitrogens is 3. The topological polar surface area (TPSA) is 64.1 Å². The normalized spacial score (nSPS) is 11.5. The molecule has 1 N–H and O–H groups in total. The number of para-hydroxylation sites is 2. The second-order valence-corrected chi connectivity index (χ2v) is 15.6. The highest BCUT2D eigenvalue weighted by Crippen LogP contribution is 2.43. The molecule has 0 radical (unpaired) electrons. The Labute approximate surface area is 353 Å². The molecule has 0 spiro atoms. The Kier molecular flexibility index (Phi) is 8.68. The van der Waals surface area contributed by atoms with Crippen molar-refractivity contribution in [3.05, 3.63) is 200 Å². The lowest BCUT2D eigenvalue weighted by atomic mass is 9.98. The van der Waals surface area contributed by atoms with Gasteiger partial charge in [0.1, 0.15) is 16.9 Å². The Morgan fingerprint density at radius 2 is 0.984 bits per heavy atom. The first-order chi connectivity index (χ1) is 30.0. The predicted octanol–water partition coefficient (Wildman–Crippen LogP) is 14.6. The van der Waals surface area contributed by atoms with E-state index in [1.807, 2.05) is 48.5 Å². The minimum atomic E-state index is 0.195. The molecule has 4 heterocycles. The van der Waals surface area contributed by atoms with Gasteiger partial charge in [0.2, 0.25) is 0 Å². The first-order valence-corrected chi connectivity index (χ1v) is 20.5. The maximum absolute atomic E-state index is 10.8. The molecule has 0 fully saturated rings. The van der Waals surface area contributed by atoms with Gasteiger partial charge in [-0.15, -0.1) is 0 Å². The number of nitrogens with zero attached hydrogens (tertiary/aromatic N) is 3. The molecular formula is C56H39N3O2. The number of aromatic hydroxyl groups is 1. The van der Waals surface area contributed by atoms with Gasteiger partial charge in [0.05, 0.1) is 28.5 Å². The van der Waals surface area contributed by atoms with E-state index < -0.39 is 0 Å². The van der Waals surface area contributed by atoms with Crippen molar-refractivity contribution >= 4 is 32.7 Å². The smallest absolute Gasteiger partial charge is 0.143 e. The van der Waals surface area contributed by atoms with Crippen LogP contribution in [0.15, 0.2) is 199 Å². The molecule has 11 aromatic rings. The summed E-state index contributed by atoms with van der Waals surface area (Å²) in [7, 11) is 2.16. The molecule has 0 amide bonds. The molecular weight excluding hydrogens is 747 g/mol. The Bertz CT molecular complexity index is 3450. The van der Waals surface area contributed by atoms with Gasteiger partial charge in [-0.05, 0) is 78.2 Å². The van der Waals surface area contributed by atoms with E-state index in [0.29, 0.717) is 11.3 Å². The number of rotatable bonds is 7. The van der Waals surface area contributed by atoms with Gasteiger partial charge in [-0.1, -0.05) is 140 Å². The van der Waals surface area contributed by atoms with Crippen LogP contribution in [0.1, 0.15) is 5.69 Å². The fraction of sp³-hybridized carbons (Fsp3) is 0.0357. The summed E-state index contributed by atoms with van der Waals surface area (Å²) in [4.78, 5) is 10.2. The van der Waals surface area contributed by atoms with Crippen LogP contribution in [0, 0.1) is 6.92 Å². The van der Waals surface area contributed by atoms with Crippen LogP contribution in [0.3, 0.4) is 0 Å². The van der Waals surface area contributed by atoms with Crippen LogP contribution in [-0.2, 0) is 7.05 Å². The molecule has 5 nitrogen and oxygen atoms in total. The lowest BCUT2D eigenvalue weighted by molar-refractivity contribution is 0.477. The van der Waals surface area contributed by atoms with Crippen LogP contribution < -0.4 is 0 Å². The molecule has 4 aromatic heterocycles. The Balaban J connectivity index is 1.01. The van der Waals surface area contributed by atoms with Crippen LogP contribution in [-0.4, -0.2) is 19.6 Å². The van der Waals surface area contributed by atoms with Crippen LogP contribution in [0.2, 0.25) is 0 Å². The van der Waals surface area contributed by atoms with Gasteiger partial charge in [-0.25, -0.2) is 4.98 Å². The maximum atomic E-state index is 10.8. The molecule has 0 aliphatic carbocycles. The van der Waals surface area contributed by atoms with Crippen molar-refractivity contribution in [1.82, 2.24) is 14.5 Å². The molecule has 61 heavy (non-hydrogen) atoms. The van der Waals surface area contributed by atoms with Gasteiger partial charge >= 0.3 is 0 Å². The van der Waals surface area contributed by atoms with E-state index in [0.717, 1.165) is 94.9 Å². The van der Waals surface area contributed by atoms with Gasteiger partial charge in [0.15, 0.2) is 0 Å². The zero-order valence-corrected chi connectivity index (χ0v) is 33.7. The van der Waals surface area contributed by atoms with E-state index in [2.05, 4.69) is 158 Å². The predicted molar refractivity (Wildman–Crippen MR) is 250 cm³/mol. The van der Waals surface area contributed by atoms with E-state index in [1.54, 1.807) is 6.07 Å². The van der Waals surface area contributed by atoms with Crippen LogP contribution >= 0.6 is 0 Å². The highest BCUT2D eigenvalue weighted by molar-refractivity contribution is 6.12. The molecule has 290 valence electrons. The number of hydrogen-bond donors (Lipinski definition) is 1. The van der Waals surface area contributed by atoms with E-state index in [4.69, 9.17) is 14.4 Å². The third-order valence-electron chi connectivity index (χ3n) is 11.8. The van der Waals surface area contributed by atoms with E-state index in [9.17, 15) is 5.11 Å². The van der Waals surface area contributed by atoms with Crippen LogP contribution in [0.25, 0.3) is 111 Å². The lowest BCUT2D eigenvalue weighted by Gasteiger charge is -2.13. The minimum absolute atomic E-state index is 0.195. The number of benzene rings is 7. The van der Waals surface area contributed by atoms with Crippen molar-refractivity contribution < 1.29 is 9.52 Å². The van der Waals surface area contributed by atoms with Gasteiger partial charge in [-0.3, -0.25) is 4.98 Å². The molecule has 11 rings (SSSR count). The maximum Gasteiger partial charge on any atom is 0.143 e. The zero-order chi connectivity index (χ0) is 41.0. The fourth-order valence-electron chi connectivity index (χ4n) is 8.95. The summed E-state index contributed by atoms with van der Waals surface area (Å²) in [6.07, 6.45) is 0. The summed E-state index contributed by atoms with van der Waals surface area (Å²) in [6.45, 7) is 2.06. The molecule has 0 aliphatic heterocycles. The molecule has 0 unspecified atom stereocenters. The molecule has 0 aliphatic rings. The van der Waals surface area contributed by atoms with Crippen molar-refractivity contribution in [2.24, 2.45) is 7.05 Å². The first-order valence-electron chi connectivity index (χ1n) is 20.5. The number of fused-ring (bicyclic) bond motifs is 4. The van der Waals surface area contributed by atoms with Crippen molar-refractivity contribution in [2.75, 3.05) is 0 Å². The highest BCUT2D eigenvalue weighted by atomic mass is 16.3. The number of phenols is 1. The number of pyridine rings is 2. The molecule has 5 heteroatoms.